The van der Waals surface area contributed by atoms with E-state index in [2.05, 4.69) is 14.2 Å². The topological polar surface area (TPSA) is 27.7 Å². The molecule has 0 aromatic heterocycles. The fourth-order valence-electron chi connectivity index (χ4n) is 1.64. The molecule has 1 saturated heterocycles. The zero-order valence-electron chi connectivity index (χ0n) is 11.5. The van der Waals surface area contributed by atoms with Gasteiger partial charge in [-0.05, 0) is 12.8 Å². The monoisotopic (exact) mass is 404 g/mol. The Kier molecular flexibility index (Phi) is 5.87. The second-order valence-electron chi connectivity index (χ2n) is 4.75. The standard InChI is InChI=1S/C10H8F12O3/c11-5(12)6(13,8(16,17)18)24-10(22,9(19,20)21)25-7(14,15)4-2-1-3-23-4/h4-5H,1-3H2. The van der Waals surface area contributed by atoms with E-state index >= 15 is 0 Å². The minimum absolute atomic E-state index is 0.150. The number of hydrogen-bond acceptors (Lipinski definition) is 3. The number of rotatable bonds is 6. The van der Waals surface area contributed by atoms with Crippen LogP contribution in [0, 0.1) is 0 Å². The van der Waals surface area contributed by atoms with Gasteiger partial charge in [-0.25, -0.2) is 13.5 Å². The molecule has 1 aliphatic rings. The molecule has 0 saturated carbocycles. The molecule has 0 aromatic carbocycles. The average Bonchev–Trinajstić information content (AvgIpc) is 2.89. The highest BCUT2D eigenvalue weighted by Gasteiger charge is 2.75. The fraction of sp³-hybridized carbons (Fsp3) is 1.00. The summed E-state index contributed by atoms with van der Waals surface area (Å²) in [5, 5.41) is 0. The van der Waals surface area contributed by atoms with Gasteiger partial charge < -0.3 is 4.74 Å². The van der Waals surface area contributed by atoms with E-state index in [0.717, 1.165) is 0 Å². The molecule has 3 atom stereocenters. The van der Waals surface area contributed by atoms with Crippen molar-refractivity contribution in [1.82, 2.24) is 0 Å². The molecule has 0 N–H and O–H groups in total. The van der Waals surface area contributed by atoms with Gasteiger partial charge in [0.15, 0.2) is 0 Å². The van der Waals surface area contributed by atoms with Crippen molar-refractivity contribution >= 4 is 0 Å². The van der Waals surface area contributed by atoms with Gasteiger partial charge in [0.2, 0.25) is 0 Å². The summed E-state index contributed by atoms with van der Waals surface area (Å²) in [6, 6.07) is -6.55. The van der Waals surface area contributed by atoms with Gasteiger partial charge in [0, 0.05) is 6.61 Å². The van der Waals surface area contributed by atoms with E-state index in [1.165, 1.54) is 0 Å². The lowest BCUT2D eigenvalue weighted by Crippen LogP contribution is -2.61. The van der Waals surface area contributed by atoms with E-state index in [1.807, 2.05) is 0 Å². The van der Waals surface area contributed by atoms with Gasteiger partial charge in [0.25, 0.3) is 0 Å². The molecular formula is C10H8F12O3. The maximum atomic E-state index is 13.7. The highest BCUT2D eigenvalue weighted by molar-refractivity contribution is 4.86. The number of halogens is 12. The predicted octanol–water partition coefficient (Wildman–Crippen LogP) is 4.47. The Morgan fingerprint density at radius 2 is 1.32 bits per heavy atom. The summed E-state index contributed by atoms with van der Waals surface area (Å²) in [4.78, 5) is 0. The lowest BCUT2D eigenvalue weighted by Gasteiger charge is -2.37. The second kappa shape index (κ2) is 6.64. The van der Waals surface area contributed by atoms with Crippen molar-refractivity contribution in [3.8, 4) is 0 Å². The quantitative estimate of drug-likeness (QED) is 0.483. The third-order valence-corrected chi connectivity index (χ3v) is 2.86. The van der Waals surface area contributed by atoms with Gasteiger partial charge >= 0.3 is 36.8 Å². The van der Waals surface area contributed by atoms with Crippen LogP contribution >= 0.6 is 0 Å². The zero-order valence-corrected chi connectivity index (χ0v) is 11.5. The summed E-state index contributed by atoms with van der Waals surface area (Å²) < 4.78 is 161. The highest BCUT2D eigenvalue weighted by atomic mass is 19.4. The molecule has 25 heavy (non-hydrogen) atoms. The summed E-state index contributed by atoms with van der Waals surface area (Å²) in [7, 11) is 0. The van der Waals surface area contributed by atoms with Gasteiger partial charge in [-0.3, -0.25) is 4.74 Å². The van der Waals surface area contributed by atoms with Crippen LogP contribution in [-0.4, -0.2) is 49.5 Å². The Morgan fingerprint density at radius 3 is 1.64 bits per heavy atom. The molecule has 0 spiro atoms. The maximum absolute atomic E-state index is 13.7. The molecule has 3 nitrogen and oxygen atoms in total. The van der Waals surface area contributed by atoms with Crippen molar-refractivity contribution in [2.75, 3.05) is 6.61 Å². The van der Waals surface area contributed by atoms with Gasteiger partial charge in [-0.1, -0.05) is 0 Å². The van der Waals surface area contributed by atoms with E-state index in [-0.39, 0.29) is 6.42 Å². The summed E-state index contributed by atoms with van der Waals surface area (Å²) in [6.07, 6.45) is -27.9. The highest BCUT2D eigenvalue weighted by Crippen LogP contribution is 2.50. The van der Waals surface area contributed by atoms with E-state index in [9.17, 15) is 52.7 Å². The first-order valence-electron chi connectivity index (χ1n) is 6.15. The summed E-state index contributed by atoms with van der Waals surface area (Å²) in [5.41, 5.74) is 0. The fourth-order valence-corrected chi connectivity index (χ4v) is 1.64. The third-order valence-electron chi connectivity index (χ3n) is 2.86. The SMILES string of the molecule is FC(F)C(F)(OC(F)(OC(F)(F)C1CCCO1)C(F)(F)F)C(F)(F)F. The van der Waals surface area contributed by atoms with Gasteiger partial charge in [0.1, 0.15) is 6.10 Å². The van der Waals surface area contributed by atoms with E-state index in [1.54, 1.807) is 0 Å². The van der Waals surface area contributed by atoms with E-state index < -0.39 is 55.9 Å². The first kappa shape index (κ1) is 22.1. The first-order valence-corrected chi connectivity index (χ1v) is 6.15. The van der Waals surface area contributed by atoms with Gasteiger partial charge in [-0.2, -0.15) is 43.9 Å². The van der Waals surface area contributed by atoms with E-state index in [4.69, 9.17) is 0 Å². The van der Waals surface area contributed by atoms with Gasteiger partial charge in [-0.15, -0.1) is 0 Å². The number of hydrogen-bond donors (Lipinski definition) is 0. The van der Waals surface area contributed by atoms with Crippen LogP contribution < -0.4 is 0 Å². The zero-order chi connectivity index (χ0) is 19.9. The molecule has 0 radical (unpaired) electrons. The van der Waals surface area contributed by atoms with Crippen LogP contribution in [0.5, 0.6) is 0 Å². The molecule has 1 fully saturated rings. The van der Waals surface area contributed by atoms with Crippen molar-refractivity contribution in [1.29, 1.82) is 0 Å². The van der Waals surface area contributed by atoms with Crippen LogP contribution in [0.1, 0.15) is 12.8 Å². The van der Waals surface area contributed by atoms with Crippen LogP contribution in [0.3, 0.4) is 0 Å². The summed E-state index contributed by atoms with van der Waals surface area (Å²) >= 11 is 0. The van der Waals surface area contributed by atoms with Crippen LogP contribution in [0.25, 0.3) is 0 Å². The van der Waals surface area contributed by atoms with Crippen molar-refractivity contribution < 1.29 is 66.9 Å². The smallest absolute Gasteiger partial charge is 0.369 e. The lowest BCUT2D eigenvalue weighted by molar-refractivity contribution is -0.550. The van der Waals surface area contributed by atoms with Crippen molar-refractivity contribution in [3.05, 3.63) is 0 Å². The molecule has 1 aliphatic heterocycles. The lowest BCUT2D eigenvalue weighted by atomic mass is 10.2. The van der Waals surface area contributed by atoms with Crippen molar-refractivity contribution in [2.45, 2.75) is 55.7 Å². The van der Waals surface area contributed by atoms with Crippen LogP contribution in [0.15, 0.2) is 0 Å². The number of alkyl halides is 12. The third kappa shape index (κ3) is 4.42. The Hall–Kier alpha value is -0.960. The molecule has 1 rings (SSSR count). The minimum atomic E-state index is -6.91. The van der Waals surface area contributed by atoms with Crippen LogP contribution in [0.4, 0.5) is 52.7 Å². The average molecular weight is 404 g/mol. The summed E-state index contributed by atoms with van der Waals surface area (Å²) in [5.74, 6) is -6.58. The van der Waals surface area contributed by atoms with Crippen molar-refractivity contribution in [2.24, 2.45) is 0 Å². The first-order chi connectivity index (χ1) is 11.0. The van der Waals surface area contributed by atoms with E-state index in [0.29, 0.717) is 0 Å². The summed E-state index contributed by atoms with van der Waals surface area (Å²) in [6.45, 7) is -0.428. The molecule has 0 aliphatic carbocycles. The number of ether oxygens (including phenoxy) is 3. The predicted molar refractivity (Wildman–Crippen MR) is 51.9 cm³/mol. The molecule has 150 valence electrons. The molecule has 1 heterocycles. The van der Waals surface area contributed by atoms with Crippen LogP contribution in [0.2, 0.25) is 0 Å². The van der Waals surface area contributed by atoms with Crippen LogP contribution in [-0.2, 0) is 14.2 Å². The van der Waals surface area contributed by atoms with Crippen molar-refractivity contribution in [3.63, 3.8) is 0 Å². The molecule has 0 bridgehead atoms. The second-order valence-corrected chi connectivity index (χ2v) is 4.75. The Bertz CT molecular complexity index is 457. The molecule has 15 heteroatoms. The Balaban J connectivity index is 3.23. The molecular weight excluding hydrogens is 396 g/mol. The minimum Gasteiger partial charge on any atom is -0.369 e. The Labute approximate surface area is 130 Å². The molecule has 0 aromatic rings. The molecule has 0 amide bonds. The van der Waals surface area contributed by atoms with Gasteiger partial charge in [0.05, 0.1) is 0 Å². The maximum Gasteiger partial charge on any atom is 0.478 e. The molecule has 3 unspecified atom stereocenters. The normalized spacial score (nSPS) is 25.1. The Morgan fingerprint density at radius 1 is 0.800 bits per heavy atom. The largest absolute Gasteiger partial charge is 0.478 e.